The zero-order chi connectivity index (χ0) is 16.7. The molecule has 4 nitrogen and oxygen atoms in total. The maximum absolute atomic E-state index is 13.0. The number of hydrogen-bond donors (Lipinski definition) is 0. The number of rotatable bonds is 3. The molecule has 0 amide bonds. The molecule has 1 aromatic carbocycles. The van der Waals surface area contributed by atoms with Crippen molar-refractivity contribution in [3.63, 3.8) is 0 Å². The van der Waals surface area contributed by atoms with Gasteiger partial charge in [-0.1, -0.05) is 29.6 Å². The van der Waals surface area contributed by atoms with Crippen molar-refractivity contribution in [2.75, 3.05) is 20.2 Å². The minimum absolute atomic E-state index is 0.0566. The number of piperidine rings is 1. The highest BCUT2D eigenvalue weighted by Gasteiger charge is 2.48. The van der Waals surface area contributed by atoms with Gasteiger partial charge in [-0.3, -0.25) is 0 Å². The quantitative estimate of drug-likeness (QED) is 0.800. The predicted octanol–water partition coefficient (Wildman–Crippen LogP) is 3.96. The van der Waals surface area contributed by atoms with Gasteiger partial charge in [-0.2, -0.15) is 4.31 Å². The van der Waals surface area contributed by atoms with Crippen LogP contribution < -0.4 is 0 Å². The van der Waals surface area contributed by atoms with Gasteiger partial charge in [-0.25, -0.2) is 8.42 Å². The highest BCUT2D eigenvalue weighted by Crippen LogP contribution is 2.47. The van der Waals surface area contributed by atoms with Gasteiger partial charge in [-0.05, 0) is 43.9 Å². The third kappa shape index (κ3) is 3.14. The highest BCUT2D eigenvalue weighted by molar-refractivity contribution is 7.89. The summed E-state index contributed by atoms with van der Waals surface area (Å²) in [5.74, 6) is 0. The Kier molecular flexibility index (Phi) is 4.96. The Hall–Kier alpha value is -0.330. The standard InChI is InChI=1S/C16H21Cl2NO3S/c1-22-15-4-2-7-16(15)8-3-9-19(11-16)23(20,21)14-6-5-12(17)10-13(14)18/h5-6,10,15H,2-4,7-9,11H2,1H3/t15-,16+/m1/s1. The zero-order valence-corrected chi connectivity index (χ0v) is 15.4. The van der Waals surface area contributed by atoms with E-state index < -0.39 is 10.0 Å². The first-order chi connectivity index (χ1) is 10.9. The van der Waals surface area contributed by atoms with Crippen LogP contribution in [0.3, 0.4) is 0 Å². The second-order valence-electron chi connectivity index (χ2n) is 6.50. The van der Waals surface area contributed by atoms with Crippen LogP contribution in [0.15, 0.2) is 23.1 Å². The van der Waals surface area contributed by atoms with E-state index in [-0.39, 0.29) is 21.4 Å². The normalized spacial score (nSPS) is 29.3. The fourth-order valence-corrected chi connectivity index (χ4v) is 6.41. The van der Waals surface area contributed by atoms with Crippen molar-refractivity contribution in [3.05, 3.63) is 28.2 Å². The third-order valence-corrected chi connectivity index (χ3v) is 7.76. The van der Waals surface area contributed by atoms with Crippen LogP contribution in [0.25, 0.3) is 0 Å². The van der Waals surface area contributed by atoms with Gasteiger partial charge in [0.25, 0.3) is 0 Å². The molecular weight excluding hydrogens is 357 g/mol. The highest BCUT2D eigenvalue weighted by atomic mass is 35.5. The van der Waals surface area contributed by atoms with E-state index in [2.05, 4.69) is 0 Å². The summed E-state index contributed by atoms with van der Waals surface area (Å²) in [6.45, 7) is 1.03. The number of sulfonamides is 1. The fourth-order valence-electron chi connectivity index (χ4n) is 4.09. The van der Waals surface area contributed by atoms with Crippen LogP contribution in [0, 0.1) is 5.41 Å². The van der Waals surface area contributed by atoms with Crippen LogP contribution in [0.5, 0.6) is 0 Å². The number of halogens is 2. The van der Waals surface area contributed by atoms with Crippen LogP contribution in [-0.2, 0) is 14.8 Å². The van der Waals surface area contributed by atoms with Crippen LogP contribution in [0.2, 0.25) is 10.0 Å². The first-order valence-electron chi connectivity index (χ1n) is 7.87. The molecule has 1 aromatic rings. The summed E-state index contributed by atoms with van der Waals surface area (Å²) in [4.78, 5) is 0.132. The smallest absolute Gasteiger partial charge is 0.244 e. The molecule has 1 aliphatic heterocycles. The Morgan fingerprint density at radius 1 is 1.26 bits per heavy atom. The Labute approximate surface area is 147 Å². The molecule has 3 rings (SSSR count). The molecule has 1 spiro atoms. The summed E-state index contributed by atoms with van der Waals surface area (Å²) in [6, 6.07) is 4.53. The van der Waals surface area contributed by atoms with Crippen molar-refractivity contribution >= 4 is 33.2 Å². The van der Waals surface area contributed by atoms with Crippen molar-refractivity contribution in [1.29, 1.82) is 0 Å². The molecule has 2 aliphatic rings. The van der Waals surface area contributed by atoms with Crippen molar-refractivity contribution in [3.8, 4) is 0 Å². The molecule has 128 valence electrons. The second-order valence-corrected chi connectivity index (χ2v) is 9.25. The van der Waals surface area contributed by atoms with Crippen molar-refractivity contribution in [2.45, 2.75) is 43.1 Å². The maximum Gasteiger partial charge on any atom is 0.244 e. The molecule has 0 unspecified atom stereocenters. The number of methoxy groups -OCH3 is 1. The van der Waals surface area contributed by atoms with Gasteiger partial charge >= 0.3 is 0 Å². The minimum atomic E-state index is -3.62. The molecule has 0 radical (unpaired) electrons. The summed E-state index contributed by atoms with van der Waals surface area (Å²) in [7, 11) is -1.89. The lowest BCUT2D eigenvalue weighted by Gasteiger charge is -2.43. The fraction of sp³-hybridized carbons (Fsp3) is 0.625. The van der Waals surface area contributed by atoms with Crippen molar-refractivity contribution in [1.82, 2.24) is 4.31 Å². The van der Waals surface area contributed by atoms with Gasteiger partial charge < -0.3 is 4.74 Å². The van der Waals surface area contributed by atoms with Gasteiger partial charge in [0, 0.05) is 30.6 Å². The molecule has 2 fully saturated rings. The molecule has 23 heavy (non-hydrogen) atoms. The Morgan fingerprint density at radius 2 is 2.00 bits per heavy atom. The summed E-state index contributed by atoms with van der Waals surface area (Å²) >= 11 is 12.0. The largest absolute Gasteiger partial charge is 0.381 e. The predicted molar refractivity (Wildman–Crippen MR) is 91.5 cm³/mol. The lowest BCUT2D eigenvalue weighted by Crippen LogP contribution is -2.49. The Bertz CT molecular complexity index is 695. The van der Waals surface area contributed by atoms with Gasteiger partial charge in [0.2, 0.25) is 10.0 Å². The van der Waals surface area contributed by atoms with E-state index in [9.17, 15) is 8.42 Å². The molecule has 1 heterocycles. The molecule has 7 heteroatoms. The van der Waals surface area contributed by atoms with E-state index in [1.807, 2.05) is 0 Å². The molecule has 0 N–H and O–H groups in total. The van der Waals surface area contributed by atoms with E-state index in [4.69, 9.17) is 27.9 Å². The number of ether oxygens (including phenoxy) is 1. The number of hydrogen-bond acceptors (Lipinski definition) is 3. The van der Waals surface area contributed by atoms with Crippen LogP contribution in [0.1, 0.15) is 32.1 Å². The van der Waals surface area contributed by atoms with Gasteiger partial charge in [-0.15, -0.1) is 0 Å². The van der Waals surface area contributed by atoms with Gasteiger partial charge in [0.1, 0.15) is 4.90 Å². The minimum Gasteiger partial charge on any atom is -0.381 e. The lowest BCUT2D eigenvalue weighted by molar-refractivity contribution is -0.0184. The Morgan fingerprint density at radius 3 is 2.70 bits per heavy atom. The number of benzene rings is 1. The zero-order valence-electron chi connectivity index (χ0n) is 13.1. The van der Waals surface area contributed by atoms with Crippen molar-refractivity contribution in [2.24, 2.45) is 5.41 Å². The summed E-state index contributed by atoms with van der Waals surface area (Å²) in [6.07, 6.45) is 5.13. The maximum atomic E-state index is 13.0. The SMILES string of the molecule is CO[C@@H]1CCC[C@@]12CCCN(S(=O)(=O)c1ccc(Cl)cc1Cl)C2. The van der Waals surface area contributed by atoms with Crippen LogP contribution >= 0.6 is 23.2 Å². The average molecular weight is 378 g/mol. The molecule has 2 atom stereocenters. The summed E-state index contributed by atoms with van der Waals surface area (Å²) in [5.41, 5.74) is -0.0566. The second kappa shape index (κ2) is 6.52. The monoisotopic (exact) mass is 377 g/mol. The topological polar surface area (TPSA) is 46.6 Å². The molecule has 1 aliphatic carbocycles. The first kappa shape index (κ1) is 17.5. The lowest BCUT2D eigenvalue weighted by atomic mass is 9.77. The molecule has 1 saturated heterocycles. The number of nitrogens with zero attached hydrogens (tertiary/aromatic N) is 1. The summed E-state index contributed by atoms with van der Waals surface area (Å²) in [5, 5.41) is 0.603. The van der Waals surface area contributed by atoms with Crippen LogP contribution in [-0.4, -0.2) is 39.0 Å². The van der Waals surface area contributed by atoms with Gasteiger partial charge in [0.15, 0.2) is 0 Å². The van der Waals surface area contributed by atoms with Crippen molar-refractivity contribution < 1.29 is 13.2 Å². The van der Waals surface area contributed by atoms with E-state index >= 15 is 0 Å². The van der Waals surface area contributed by atoms with Gasteiger partial charge in [0.05, 0.1) is 11.1 Å². The van der Waals surface area contributed by atoms with E-state index in [1.54, 1.807) is 17.5 Å². The summed E-state index contributed by atoms with van der Waals surface area (Å²) < 4.78 is 33.2. The molecular formula is C16H21Cl2NO3S. The molecule has 1 saturated carbocycles. The van der Waals surface area contributed by atoms with E-state index in [0.29, 0.717) is 18.1 Å². The molecule has 0 aromatic heterocycles. The third-order valence-electron chi connectivity index (χ3n) is 5.19. The van der Waals surface area contributed by atoms with E-state index in [0.717, 1.165) is 32.1 Å². The van der Waals surface area contributed by atoms with E-state index in [1.165, 1.54) is 12.1 Å². The van der Waals surface area contributed by atoms with Crippen LogP contribution in [0.4, 0.5) is 0 Å². The Balaban J connectivity index is 1.91. The molecule has 0 bridgehead atoms. The first-order valence-corrected chi connectivity index (χ1v) is 10.1. The average Bonchev–Trinajstić information content (AvgIpc) is 2.88.